The fourth-order valence-corrected chi connectivity index (χ4v) is 2.38. The summed E-state index contributed by atoms with van der Waals surface area (Å²) in [5.41, 5.74) is -0.478. The predicted molar refractivity (Wildman–Crippen MR) is 89.9 cm³/mol. The zero-order valence-electron chi connectivity index (χ0n) is 14.3. The summed E-state index contributed by atoms with van der Waals surface area (Å²) in [5.74, 6) is -0.485. The third-order valence-electron chi connectivity index (χ3n) is 3.84. The number of hydrogen-bond donors (Lipinski definition) is 1. The van der Waals surface area contributed by atoms with Gasteiger partial charge in [-0.1, -0.05) is 12.1 Å². The molecular weight excluding hydrogens is 349 g/mol. The molecule has 140 valence electrons. The number of halogens is 3. The number of amides is 1. The molecule has 0 fully saturated rings. The lowest BCUT2D eigenvalue weighted by Gasteiger charge is -2.16. The van der Waals surface area contributed by atoms with E-state index in [0.29, 0.717) is 18.7 Å². The van der Waals surface area contributed by atoms with E-state index in [0.717, 1.165) is 12.1 Å². The Bertz CT molecular complexity index is 831. The number of carbonyl (C=O) groups excluding carboxylic acids is 1. The Kier molecular flexibility index (Phi) is 6.20. The van der Waals surface area contributed by atoms with E-state index in [1.165, 1.54) is 42.1 Å². The van der Waals surface area contributed by atoms with Gasteiger partial charge in [0.15, 0.2) is 0 Å². The molecule has 0 saturated heterocycles. The molecule has 1 atom stereocenters. The van der Waals surface area contributed by atoms with Crippen molar-refractivity contribution in [1.82, 2.24) is 9.88 Å². The van der Waals surface area contributed by atoms with Crippen molar-refractivity contribution in [3.63, 3.8) is 0 Å². The number of rotatable bonds is 6. The van der Waals surface area contributed by atoms with Crippen molar-refractivity contribution in [3.05, 3.63) is 69.6 Å². The summed E-state index contributed by atoms with van der Waals surface area (Å²) in [6, 6.07) is 6.79. The number of aromatic nitrogens is 1. The van der Waals surface area contributed by atoms with Crippen molar-refractivity contribution in [1.29, 1.82) is 0 Å². The van der Waals surface area contributed by atoms with Gasteiger partial charge in [0, 0.05) is 25.9 Å². The van der Waals surface area contributed by atoms with E-state index >= 15 is 0 Å². The van der Waals surface area contributed by atoms with E-state index < -0.39 is 23.7 Å². The van der Waals surface area contributed by atoms with Gasteiger partial charge in [-0.3, -0.25) is 9.59 Å². The predicted octanol–water partition coefficient (Wildman–Crippen LogP) is 3.00. The minimum atomic E-state index is -4.45. The van der Waals surface area contributed by atoms with Gasteiger partial charge in [0.1, 0.15) is 0 Å². The number of carbonyl (C=O) groups is 1. The molecule has 8 heteroatoms. The van der Waals surface area contributed by atoms with Crippen molar-refractivity contribution in [2.45, 2.75) is 25.7 Å². The van der Waals surface area contributed by atoms with Gasteiger partial charge < -0.3 is 14.6 Å². The third kappa shape index (κ3) is 4.95. The van der Waals surface area contributed by atoms with Gasteiger partial charge in [-0.05, 0) is 30.7 Å². The summed E-state index contributed by atoms with van der Waals surface area (Å²) in [6.45, 7) is 2.19. The average Bonchev–Trinajstić information content (AvgIpc) is 2.60. The van der Waals surface area contributed by atoms with Crippen LogP contribution in [0.4, 0.5) is 13.2 Å². The summed E-state index contributed by atoms with van der Waals surface area (Å²) in [5, 5.41) is 2.64. The number of hydrogen-bond acceptors (Lipinski definition) is 3. The molecule has 0 spiro atoms. The van der Waals surface area contributed by atoms with Crippen molar-refractivity contribution < 1.29 is 22.7 Å². The molecule has 1 N–H and O–H groups in total. The highest BCUT2D eigenvalue weighted by Gasteiger charge is 2.30. The maximum absolute atomic E-state index is 12.8. The minimum Gasteiger partial charge on any atom is -0.383 e. The Morgan fingerprint density at radius 3 is 2.65 bits per heavy atom. The summed E-state index contributed by atoms with van der Waals surface area (Å²) < 4.78 is 44.7. The SMILES string of the molecule is COCCn1cc(C(=O)NC(C)c2cccc(C(F)(F)F)c2)ccc1=O. The lowest BCUT2D eigenvalue weighted by molar-refractivity contribution is -0.137. The highest BCUT2D eigenvalue weighted by Crippen LogP contribution is 2.30. The Morgan fingerprint density at radius 1 is 1.27 bits per heavy atom. The molecule has 1 aromatic carbocycles. The van der Waals surface area contributed by atoms with Crippen LogP contribution in [0.2, 0.25) is 0 Å². The van der Waals surface area contributed by atoms with Gasteiger partial charge in [-0.25, -0.2) is 0 Å². The molecule has 0 aliphatic rings. The quantitative estimate of drug-likeness (QED) is 0.853. The second-order valence-electron chi connectivity index (χ2n) is 5.76. The van der Waals surface area contributed by atoms with E-state index in [1.54, 1.807) is 6.92 Å². The number of methoxy groups -OCH3 is 1. The van der Waals surface area contributed by atoms with Crippen LogP contribution in [0, 0.1) is 0 Å². The highest BCUT2D eigenvalue weighted by molar-refractivity contribution is 5.94. The Morgan fingerprint density at radius 2 is 2.00 bits per heavy atom. The Labute approximate surface area is 148 Å². The largest absolute Gasteiger partial charge is 0.416 e. The van der Waals surface area contributed by atoms with Gasteiger partial charge in [0.05, 0.1) is 23.8 Å². The first-order chi connectivity index (χ1) is 12.2. The third-order valence-corrected chi connectivity index (χ3v) is 3.84. The molecule has 26 heavy (non-hydrogen) atoms. The van der Waals surface area contributed by atoms with Crippen molar-refractivity contribution >= 4 is 5.91 Å². The Balaban J connectivity index is 2.16. The van der Waals surface area contributed by atoms with Crippen LogP contribution in [0.25, 0.3) is 0 Å². The monoisotopic (exact) mass is 368 g/mol. The molecule has 0 aliphatic carbocycles. The van der Waals surface area contributed by atoms with Crippen LogP contribution in [0.1, 0.15) is 34.5 Å². The first-order valence-electron chi connectivity index (χ1n) is 7.90. The maximum atomic E-state index is 12.8. The van der Waals surface area contributed by atoms with E-state index in [1.807, 2.05) is 0 Å². The fourth-order valence-electron chi connectivity index (χ4n) is 2.38. The van der Waals surface area contributed by atoms with Crippen LogP contribution < -0.4 is 10.9 Å². The lowest BCUT2D eigenvalue weighted by Crippen LogP contribution is -2.29. The first-order valence-corrected chi connectivity index (χ1v) is 7.90. The summed E-state index contributed by atoms with van der Waals surface area (Å²) >= 11 is 0. The molecule has 0 aliphatic heterocycles. The molecule has 2 rings (SSSR count). The molecule has 0 bridgehead atoms. The number of benzene rings is 1. The van der Waals surface area contributed by atoms with Gasteiger partial charge in [0.2, 0.25) is 0 Å². The maximum Gasteiger partial charge on any atom is 0.416 e. The van der Waals surface area contributed by atoms with Crippen molar-refractivity contribution in [2.75, 3.05) is 13.7 Å². The molecule has 5 nitrogen and oxygen atoms in total. The first kappa shape index (κ1) is 19.7. The molecule has 1 aromatic heterocycles. The van der Waals surface area contributed by atoms with Crippen LogP contribution >= 0.6 is 0 Å². The zero-order chi connectivity index (χ0) is 19.3. The van der Waals surface area contributed by atoms with Gasteiger partial charge in [-0.2, -0.15) is 13.2 Å². The standard InChI is InChI=1S/C18H19F3N2O3/c1-12(13-4-3-5-15(10-13)18(19,20)21)22-17(25)14-6-7-16(24)23(11-14)8-9-26-2/h3-7,10-12H,8-9H2,1-2H3,(H,22,25). The zero-order valence-corrected chi connectivity index (χ0v) is 14.3. The van der Waals surface area contributed by atoms with Crippen LogP contribution in [-0.2, 0) is 17.5 Å². The van der Waals surface area contributed by atoms with Crippen LogP contribution in [0.5, 0.6) is 0 Å². The summed E-state index contributed by atoms with van der Waals surface area (Å²) in [7, 11) is 1.50. The smallest absolute Gasteiger partial charge is 0.383 e. The molecular formula is C18H19F3N2O3. The van der Waals surface area contributed by atoms with Crippen molar-refractivity contribution in [3.8, 4) is 0 Å². The van der Waals surface area contributed by atoms with Gasteiger partial charge >= 0.3 is 6.18 Å². The van der Waals surface area contributed by atoms with Crippen LogP contribution in [0.15, 0.2) is 47.4 Å². The van der Waals surface area contributed by atoms with Gasteiger partial charge in [0.25, 0.3) is 11.5 Å². The molecule has 0 saturated carbocycles. The van der Waals surface area contributed by atoms with Crippen LogP contribution in [-0.4, -0.2) is 24.2 Å². The van der Waals surface area contributed by atoms with E-state index in [9.17, 15) is 22.8 Å². The molecule has 1 unspecified atom stereocenters. The number of pyridine rings is 1. The van der Waals surface area contributed by atoms with E-state index in [-0.39, 0.29) is 11.1 Å². The second-order valence-corrected chi connectivity index (χ2v) is 5.76. The fraction of sp³-hybridized carbons (Fsp3) is 0.333. The summed E-state index contributed by atoms with van der Waals surface area (Å²) in [6.07, 6.45) is -3.05. The topological polar surface area (TPSA) is 60.3 Å². The Hall–Kier alpha value is -2.61. The molecule has 1 amide bonds. The van der Waals surface area contributed by atoms with Crippen molar-refractivity contribution in [2.24, 2.45) is 0 Å². The summed E-state index contributed by atoms with van der Waals surface area (Å²) in [4.78, 5) is 24.1. The number of nitrogens with zero attached hydrogens (tertiary/aromatic N) is 1. The van der Waals surface area contributed by atoms with Gasteiger partial charge in [-0.15, -0.1) is 0 Å². The molecule has 2 aromatic rings. The normalized spacial score (nSPS) is 12.7. The number of ether oxygens (including phenoxy) is 1. The highest BCUT2D eigenvalue weighted by atomic mass is 19.4. The van der Waals surface area contributed by atoms with Crippen LogP contribution in [0.3, 0.4) is 0 Å². The lowest BCUT2D eigenvalue weighted by atomic mass is 10.0. The second kappa shape index (κ2) is 8.18. The van der Waals surface area contributed by atoms with E-state index in [2.05, 4.69) is 5.32 Å². The minimum absolute atomic E-state index is 0.236. The molecule has 0 radical (unpaired) electrons. The molecule has 1 heterocycles. The average molecular weight is 368 g/mol. The number of nitrogens with one attached hydrogen (secondary N) is 1. The number of alkyl halides is 3. The van der Waals surface area contributed by atoms with E-state index in [4.69, 9.17) is 4.74 Å².